The first-order valence-electron chi connectivity index (χ1n) is 7.13. The summed E-state index contributed by atoms with van der Waals surface area (Å²) in [5.41, 5.74) is 2.04. The summed E-state index contributed by atoms with van der Waals surface area (Å²) in [4.78, 5) is 22.3. The molecule has 0 unspecified atom stereocenters. The van der Waals surface area contributed by atoms with E-state index in [9.17, 15) is 14.0 Å². The summed E-state index contributed by atoms with van der Waals surface area (Å²) in [6, 6.07) is 12.4. The van der Waals surface area contributed by atoms with E-state index in [4.69, 9.17) is 5.11 Å². The molecule has 5 nitrogen and oxygen atoms in total. The van der Waals surface area contributed by atoms with Gasteiger partial charge in [-0.2, -0.15) is 0 Å². The van der Waals surface area contributed by atoms with Crippen LogP contribution in [0.3, 0.4) is 0 Å². The maximum atomic E-state index is 13.0. The van der Waals surface area contributed by atoms with Crippen LogP contribution in [0.2, 0.25) is 0 Å². The van der Waals surface area contributed by atoms with Crippen molar-refractivity contribution in [2.24, 2.45) is 0 Å². The molecular formula is C17H17FN2O3. The molecule has 2 rings (SSSR count). The molecule has 0 heterocycles. The third-order valence-electron chi connectivity index (χ3n) is 3.16. The van der Waals surface area contributed by atoms with Gasteiger partial charge in [0.05, 0.1) is 6.42 Å². The van der Waals surface area contributed by atoms with Crippen molar-refractivity contribution in [1.29, 1.82) is 0 Å². The van der Waals surface area contributed by atoms with Crippen LogP contribution in [0.1, 0.15) is 11.1 Å². The Morgan fingerprint density at radius 3 is 2.43 bits per heavy atom. The van der Waals surface area contributed by atoms with Crippen molar-refractivity contribution < 1.29 is 19.1 Å². The molecule has 2 aromatic rings. The first kappa shape index (κ1) is 16.5. The Balaban J connectivity index is 1.77. The van der Waals surface area contributed by atoms with Crippen LogP contribution in [0.5, 0.6) is 0 Å². The number of nitrogens with one attached hydrogen (secondary N) is 2. The summed E-state index contributed by atoms with van der Waals surface area (Å²) in [6.45, 7) is 0.381. The van der Waals surface area contributed by atoms with Crippen molar-refractivity contribution in [2.75, 3.05) is 11.9 Å². The van der Waals surface area contributed by atoms with Gasteiger partial charge in [-0.1, -0.05) is 24.3 Å². The topological polar surface area (TPSA) is 78.4 Å². The summed E-state index contributed by atoms with van der Waals surface area (Å²) in [7, 11) is 0. The summed E-state index contributed by atoms with van der Waals surface area (Å²) >= 11 is 0. The van der Waals surface area contributed by atoms with Crippen molar-refractivity contribution in [3.8, 4) is 0 Å². The monoisotopic (exact) mass is 316 g/mol. The van der Waals surface area contributed by atoms with Crippen LogP contribution in [0.25, 0.3) is 0 Å². The number of amides is 2. The van der Waals surface area contributed by atoms with Crippen LogP contribution in [0.15, 0.2) is 48.5 Å². The number of anilines is 1. The smallest absolute Gasteiger partial charge is 0.319 e. The quantitative estimate of drug-likeness (QED) is 0.767. The molecule has 3 N–H and O–H groups in total. The number of carbonyl (C=O) groups excluding carboxylic acids is 1. The Labute approximate surface area is 133 Å². The van der Waals surface area contributed by atoms with Gasteiger partial charge in [-0.25, -0.2) is 9.18 Å². The molecule has 0 aliphatic heterocycles. The largest absolute Gasteiger partial charge is 0.481 e. The minimum atomic E-state index is -0.902. The number of carbonyl (C=O) groups is 2. The second-order valence-corrected chi connectivity index (χ2v) is 5.03. The fourth-order valence-electron chi connectivity index (χ4n) is 2.07. The molecule has 0 aromatic heterocycles. The number of urea groups is 1. The van der Waals surface area contributed by atoms with E-state index >= 15 is 0 Å². The van der Waals surface area contributed by atoms with E-state index in [1.165, 1.54) is 12.1 Å². The first-order valence-corrected chi connectivity index (χ1v) is 7.13. The summed E-state index contributed by atoms with van der Waals surface area (Å²) in [6.07, 6.45) is 0.475. The molecule has 2 aromatic carbocycles. The summed E-state index contributed by atoms with van der Waals surface area (Å²) in [5, 5.41) is 14.0. The lowest BCUT2D eigenvalue weighted by molar-refractivity contribution is -0.136. The molecule has 23 heavy (non-hydrogen) atoms. The van der Waals surface area contributed by atoms with Crippen molar-refractivity contribution in [2.45, 2.75) is 12.8 Å². The number of aliphatic carboxylic acids is 1. The van der Waals surface area contributed by atoms with Crippen molar-refractivity contribution >= 4 is 17.7 Å². The Hall–Kier alpha value is -2.89. The van der Waals surface area contributed by atoms with Crippen molar-refractivity contribution in [3.05, 3.63) is 65.5 Å². The van der Waals surface area contributed by atoms with Gasteiger partial charge in [0.15, 0.2) is 0 Å². The zero-order chi connectivity index (χ0) is 16.7. The van der Waals surface area contributed by atoms with Gasteiger partial charge in [-0.3, -0.25) is 4.79 Å². The highest BCUT2D eigenvalue weighted by Crippen LogP contribution is 2.10. The van der Waals surface area contributed by atoms with Crippen LogP contribution in [0.4, 0.5) is 14.9 Å². The molecule has 0 aliphatic rings. The van der Waals surface area contributed by atoms with E-state index in [1.807, 2.05) is 0 Å². The molecule has 0 fully saturated rings. The van der Waals surface area contributed by atoms with E-state index < -0.39 is 5.97 Å². The molecule has 0 radical (unpaired) electrons. The first-order chi connectivity index (χ1) is 11.0. The number of hydrogen-bond donors (Lipinski definition) is 3. The van der Waals surface area contributed by atoms with Gasteiger partial charge < -0.3 is 15.7 Å². The molecular weight excluding hydrogens is 299 g/mol. The second kappa shape index (κ2) is 7.93. The van der Waals surface area contributed by atoms with Crippen molar-refractivity contribution in [1.82, 2.24) is 5.32 Å². The fourth-order valence-corrected chi connectivity index (χ4v) is 2.07. The van der Waals surface area contributed by atoms with Gasteiger partial charge in [0, 0.05) is 12.2 Å². The minimum absolute atomic E-state index is 0.0554. The van der Waals surface area contributed by atoms with Crippen LogP contribution in [-0.4, -0.2) is 23.7 Å². The van der Waals surface area contributed by atoms with Crippen molar-refractivity contribution in [3.63, 3.8) is 0 Å². The number of hydrogen-bond acceptors (Lipinski definition) is 2. The Morgan fingerprint density at radius 1 is 1.04 bits per heavy atom. The lowest BCUT2D eigenvalue weighted by atomic mass is 10.1. The van der Waals surface area contributed by atoms with Gasteiger partial charge in [-0.05, 0) is 41.8 Å². The summed E-state index contributed by atoms with van der Waals surface area (Å²) < 4.78 is 13.0. The van der Waals surface area contributed by atoms with Gasteiger partial charge >= 0.3 is 12.0 Å². The zero-order valence-corrected chi connectivity index (χ0v) is 12.4. The van der Waals surface area contributed by atoms with E-state index in [1.54, 1.807) is 36.4 Å². The highest BCUT2D eigenvalue weighted by molar-refractivity contribution is 5.89. The molecule has 2 amide bonds. The summed E-state index contributed by atoms with van der Waals surface area (Å²) in [5.74, 6) is -1.20. The van der Waals surface area contributed by atoms with E-state index in [2.05, 4.69) is 10.6 Å². The van der Waals surface area contributed by atoms with Crippen LogP contribution in [0, 0.1) is 5.82 Å². The number of halogens is 1. The Kier molecular flexibility index (Phi) is 5.68. The maximum Gasteiger partial charge on any atom is 0.319 e. The average Bonchev–Trinajstić information content (AvgIpc) is 2.49. The third-order valence-corrected chi connectivity index (χ3v) is 3.16. The average molecular weight is 316 g/mol. The normalized spacial score (nSPS) is 10.1. The van der Waals surface area contributed by atoms with Gasteiger partial charge in [0.25, 0.3) is 0 Å². The van der Waals surface area contributed by atoms with Crippen LogP contribution in [-0.2, 0) is 17.6 Å². The predicted molar refractivity (Wildman–Crippen MR) is 84.9 cm³/mol. The number of rotatable bonds is 6. The molecule has 120 valence electrons. The van der Waals surface area contributed by atoms with E-state index in [0.717, 1.165) is 5.56 Å². The Morgan fingerprint density at radius 2 is 1.78 bits per heavy atom. The minimum Gasteiger partial charge on any atom is -0.481 e. The second-order valence-electron chi connectivity index (χ2n) is 5.03. The Bertz CT molecular complexity index is 686. The molecule has 0 spiro atoms. The van der Waals surface area contributed by atoms with Crippen LogP contribution < -0.4 is 10.6 Å². The molecule has 0 atom stereocenters. The standard InChI is InChI=1S/C17H17FN2O3/c18-14-3-1-2-12(10-14)8-9-19-17(23)20-15-6-4-13(5-7-15)11-16(21)22/h1-7,10H,8-9,11H2,(H,21,22)(H2,19,20,23). The lowest BCUT2D eigenvalue weighted by Crippen LogP contribution is -2.30. The molecule has 6 heteroatoms. The predicted octanol–water partition coefficient (Wildman–Crippen LogP) is 2.82. The third kappa shape index (κ3) is 5.78. The van der Waals surface area contributed by atoms with E-state index in [0.29, 0.717) is 24.2 Å². The lowest BCUT2D eigenvalue weighted by Gasteiger charge is -2.08. The molecule has 0 aliphatic carbocycles. The maximum absolute atomic E-state index is 13.0. The van der Waals surface area contributed by atoms with Gasteiger partial charge in [0.2, 0.25) is 0 Å². The number of carboxylic acids is 1. The highest BCUT2D eigenvalue weighted by Gasteiger charge is 2.04. The molecule has 0 bridgehead atoms. The van der Waals surface area contributed by atoms with Gasteiger partial charge in [-0.15, -0.1) is 0 Å². The highest BCUT2D eigenvalue weighted by atomic mass is 19.1. The number of benzene rings is 2. The fraction of sp³-hybridized carbons (Fsp3) is 0.176. The van der Waals surface area contributed by atoms with E-state index in [-0.39, 0.29) is 18.3 Å². The number of carboxylic acid groups (broad SMARTS) is 1. The molecule has 0 saturated carbocycles. The zero-order valence-electron chi connectivity index (χ0n) is 12.4. The van der Waals surface area contributed by atoms with Crippen LogP contribution >= 0.6 is 0 Å². The van der Waals surface area contributed by atoms with Gasteiger partial charge in [0.1, 0.15) is 5.82 Å². The molecule has 0 saturated heterocycles. The SMILES string of the molecule is O=C(O)Cc1ccc(NC(=O)NCCc2cccc(F)c2)cc1.